The Balaban J connectivity index is 2.65. The molecule has 1 aliphatic rings. The van der Waals surface area contributed by atoms with Crippen LogP contribution in [0.15, 0.2) is 4.79 Å². The molecule has 0 spiro atoms. The van der Waals surface area contributed by atoms with E-state index < -0.39 is 5.97 Å². The molecule has 5 heteroatoms. The molecule has 1 aromatic rings. The van der Waals surface area contributed by atoms with Gasteiger partial charge in [-0.05, 0) is 25.7 Å². The molecular weight excluding hydrogens is 184 g/mol. The maximum absolute atomic E-state index is 11.5. The molecule has 2 rings (SSSR count). The number of carboxylic acid groups (broad SMARTS) is 1. The van der Waals surface area contributed by atoms with E-state index in [9.17, 15) is 9.59 Å². The van der Waals surface area contributed by atoms with Gasteiger partial charge in [-0.1, -0.05) is 0 Å². The van der Waals surface area contributed by atoms with Gasteiger partial charge in [0.15, 0.2) is 5.69 Å². The third kappa shape index (κ3) is 1.41. The Morgan fingerprint density at radius 2 is 2.21 bits per heavy atom. The molecule has 5 nitrogen and oxygen atoms in total. The highest BCUT2D eigenvalue weighted by Gasteiger charge is 2.32. The summed E-state index contributed by atoms with van der Waals surface area (Å²) in [5.41, 5.74) is -0.0609. The first kappa shape index (κ1) is 8.93. The summed E-state index contributed by atoms with van der Waals surface area (Å²) in [6.07, 6.45) is 1.77. The largest absolute Gasteiger partial charge is 0.476 e. The molecule has 0 radical (unpaired) electrons. The molecule has 0 saturated heterocycles. The summed E-state index contributed by atoms with van der Waals surface area (Å²) in [6.45, 7) is 1.57. The number of aromatic nitrogens is 2. The predicted octanol–water partition coefficient (Wildman–Crippen LogP) is 0.654. The summed E-state index contributed by atoms with van der Waals surface area (Å²) < 4.78 is 0. The van der Waals surface area contributed by atoms with Gasteiger partial charge in [-0.15, -0.1) is 0 Å². The molecular formula is C9H10N2O3. The fraction of sp³-hybridized carbons (Fsp3) is 0.444. The van der Waals surface area contributed by atoms with Crippen molar-refractivity contribution in [3.8, 4) is 0 Å². The van der Waals surface area contributed by atoms with Crippen molar-refractivity contribution in [2.75, 3.05) is 0 Å². The van der Waals surface area contributed by atoms with Crippen molar-refractivity contribution in [1.82, 2.24) is 9.97 Å². The summed E-state index contributed by atoms with van der Waals surface area (Å²) >= 11 is 0. The van der Waals surface area contributed by atoms with Crippen LogP contribution in [-0.2, 0) is 0 Å². The van der Waals surface area contributed by atoms with E-state index in [2.05, 4.69) is 9.97 Å². The van der Waals surface area contributed by atoms with Crippen molar-refractivity contribution in [2.45, 2.75) is 25.7 Å². The topological polar surface area (TPSA) is 83.0 Å². The van der Waals surface area contributed by atoms with E-state index in [1.54, 1.807) is 6.92 Å². The van der Waals surface area contributed by atoms with E-state index in [0.29, 0.717) is 11.4 Å². The average Bonchev–Trinajstić information content (AvgIpc) is 2.85. The highest BCUT2D eigenvalue weighted by Crippen LogP contribution is 2.39. The molecule has 2 N–H and O–H groups in total. The molecule has 0 amide bonds. The lowest BCUT2D eigenvalue weighted by Gasteiger charge is -2.02. The lowest BCUT2D eigenvalue weighted by molar-refractivity contribution is 0.0688. The number of nitrogens with one attached hydrogen (secondary N) is 1. The Hall–Kier alpha value is -1.65. The highest BCUT2D eigenvalue weighted by atomic mass is 16.4. The van der Waals surface area contributed by atoms with Crippen molar-refractivity contribution >= 4 is 5.97 Å². The number of carbonyl (C=O) groups is 1. The summed E-state index contributed by atoms with van der Waals surface area (Å²) in [4.78, 5) is 28.7. The van der Waals surface area contributed by atoms with Gasteiger partial charge in [0.2, 0.25) is 0 Å². The molecule has 14 heavy (non-hydrogen) atoms. The monoisotopic (exact) mass is 194 g/mol. The zero-order valence-electron chi connectivity index (χ0n) is 7.70. The van der Waals surface area contributed by atoms with Crippen molar-refractivity contribution in [3.05, 3.63) is 27.4 Å². The number of hydrogen-bond donors (Lipinski definition) is 2. The van der Waals surface area contributed by atoms with E-state index in [-0.39, 0.29) is 17.2 Å². The smallest absolute Gasteiger partial charge is 0.355 e. The van der Waals surface area contributed by atoms with Crippen LogP contribution < -0.4 is 5.56 Å². The van der Waals surface area contributed by atoms with E-state index >= 15 is 0 Å². The van der Waals surface area contributed by atoms with E-state index in [4.69, 9.17) is 5.11 Å². The van der Waals surface area contributed by atoms with Crippen molar-refractivity contribution in [3.63, 3.8) is 0 Å². The fourth-order valence-corrected chi connectivity index (χ4v) is 1.51. The predicted molar refractivity (Wildman–Crippen MR) is 48.5 cm³/mol. The number of rotatable bonds is 2. The molecule has 0 bridgehead atoms. The Labute approximate surface area is 79.8 Å². The number of hydrogen-bond acceptors (Lipinski definition) is 3. The van der Waals surface area contributed by atoms with Gasteiger partial charge in [-0.25, -0.2) is 9.78 Å². The van der Waals surface area contributed by atoms with Crippen LogP contribution in [0.4, 0.5) is 0 Å². The molecule has 74 valence electrons. The second-order valence-electron chi connectivity index (χ2n) is 3.49. The molecule has 0 unspecified atom stereocenters. The van der Waals surface area contributed by atoms with Gasteiger partial charge in [0, 0.05) is 0 Å². The second-order valence-corrected chi connectivity index (χ2v) is 3.49. The molecule has 1 aromatic heterocycles. The molecule has 1 aliphatic carbocycles. The quantitative estimate of drug-likeness (QED) is 0.724. The fourth-order valence-electron chi connectivity index (χ4n) is 1.51. The highest BCUT2D eigenvalue weighted by molar-refractivity contribution is 5.87. The second kappa shape index (κ2) is 2.94. The van der Waals surface area contributed by atoms with Crippen LogP contribution in [0.3, 0.4) is 0 Å². The third-order valence-electron chi connectivity index (χ3n) is 2.26. The van der Waals surface area contributed by atoms with Crippen LogP contribution in [-0.4, -0.2) is 21.0 Å². The molecule has 1 heterocycles. The number of aromatic amines is 1. The molecule has 0 atom stereocenters. The van der Waals surface area contributed by atoms with Gasteiger partial charge >= 0.3 is 5.97 Å². The van der Waals surface area contributed by atoms with Crippen molar-refractivity contribution < 1.29 is 9.90 Å². The SMILES string of the molecule is Cc1nc(C(=O)O)c(C2CC2)c(=O)[nH]1. The third-order valence-corrected chi connectivity index (χ3v) is 2.26. The molecule has 0 aromatic carbocycles. The minimum atomic E-state index is -1.12. The maximum atomic E-state index is 11.5. The van der Waals surface area contributed by atoms with Crippen molar-refractivity contribution in [2.24, 2.45) is 0 Å². The summed E-state index contributed by atoms with van der Waals surface area (Å²) in [6, 6.07) is 0. The van der Waals surface area contributed by atoms with Crippen molar-refractivity contribution in [1.29, 1.82) is 0 Å². The Kier molecular flexibility index (Phi) is 1.87. The molecule has 0 aliphatic heterocycles. The van der Waals surface area contributed by atoms with Crippen LogP contribution >= 0.6 is 0 Å². The minimum absolute atomic E-state index is 0.0891. The summed E-state index contributed by atoms with van der Waals surface area (Å²) in [5.74, 6) is -0.684. The lowest BCUT2D eigenvalue weighted by Crippen LogP contribution is -2.21. The first-order chi connectivity index (χ1) is 6.59. The number of nitrogens with zero attached hydrogens (tertiary/aromatic N) is 1. The standard InChI is InChI=1S/C9H10N2O3/c1-4-10-7(9(13)14)6(5-2-3-5)8(12)11-4/h5H,2-3H2,1H3,(H,13,14)(H,10,11,12). The Morgan fingerprint density at radius 1 is 1.57 bits per heavy atom. The van der Waals surface area contributed by atoms with Gasteiger partial charge in [0.25, 0.3) is 5.56 Å². The number of aryl methyl sites for hydroxylation is 1. The molecule has 1 fully saturated rings. The van der Waals surface area contributed by atoms with Gasteiger partial charge in [0.1, 0.15) is 5.82 Å². The van der Waals surface area contributed by atoms with E-state index in [0.717, 1.165) is 12.8 Å². The van der Waals surface area contributed by atoms with Gasteiger partial charge in [-0.3, -0.25) is 4.79 Å². The van der Waals surface area contributed by atoms with Gasteiger partial charge in [-0.2, -0.15) is 0 Å². The minimum Gasteiger partial charge on any atom is -0.476 e. The maximum Gasteiger partial charge on any atom is 0.355 e. The summed E-state index contributed by atoms with van der Waals surface area (Å²) in [7, 11) is 0. The average molecular weight is 194 g/mol. The normalized spacial score (nSPS) is 15.5. The molecule has 1 saturated carbocycles. The van der Waals surface area contributed by atoms with E-state index in [1.807, 2.05) is 0 Å². The summed E-state index contributed by atoms with van der Waals surface area (Å²) in [5, 5.41) is 8.88. The van der Waals surface area contributed by atoms with E-state index in [1.165, 1.54) is 0 Å². The first-order valence-electron chi connectivity index (χ1n) is 4.43. The van der Waals surface area contributed by atoms with Crippen LogP contribution in [0, 0.1) is 6.92 Å². The first-order valence-corrected chi connectivity index (χ1v) is 4.43. The number of H-pyrrole nitrogens is 1. The zero-order chi connectivity index (χ0) is 10.3. The Bertz CT molecular complexity index is 446. The van der Waals surface area contributed by atoms with Crippen LogP contribution in [0.2, 0.25) is 0 Å². The van der Waals surface area contributed by atoms with Gasteiger partial charge < -0.3 is 10.1 Å². The van der Waals surface area contributed by atoms with Gasteiger partial charge in [0.05, 0.1) is 5.56 Å². The van der Waals surface area contributed by atoms with Crippen LogP contribution in [0.1, 0.15) is 40.6 Å². The van der Waals surface area contributed by atoms with Crippen LogP contribution in [0.5, 0.6) is 0 Å². The number of carboxylic acids is 1. The Morgan fingerprint density at radius 3 is 2.71 bits per heavy atom. The van der Waals surface area contributed by atoms with Crippen LogP contribution in [0.25, 0.3) is 0 Å². The number of aromatic carboxylic acids is 1. The lowest BCUT2D eigenvalue weighted by atomic mass is 10.1. The zero-order valence-corrected chi connectivity index (χ0v) is 7.70.